The monoisotopic (exact) mass is 297 g/mol. The molecular weight excluding hydrogens is 278 g/mol. The molecule has 1 heterocycles. The van der Waals surface area contributed by atoms with Gasteiger partial charge in [-0.15, -0.1) is 0 Å². The summed E-state index contributed by atoms with van der Waals surface area (Å²) in [5.74, 6) is 3.13. The van der Waals surface area contributed by atoms with Gasteiger partial charge in [-0.25, -0.2) is 0 Å². The van der Waals surface area contributed by atoms with Crippen LogP contribution in [0.15, 0.2) is 0 Å². The molecule has 17 heavy (non-hydrogen) atoms. The molecule has 94 valence electrons. The van der Waals surface area contributed by atoms with Crippen LogP contribution in [0, 0.1) is 17.8 Å². The van der Waals surface area contributed by atoms with Crippen molar-refractivity contribution in [3.63, 3.8) is 0 Å². The van der Waals surface area contributed by atoms with Crippen LogP contribution in [0.1, 0.15) is 45.4 Å². The third-order valence-electron chi connectivity index (χ3n) is 5.72. The number of halogens is 1. The topological polar surface area (TPSA) is 20.3 Å². The van der Waals surface area contributed by atoms with Gasteiger partial charge in [0.25, 0.3) is 0 Å². The van der Waals surface area contributed by atoms with E-state index in [-0.39, 0.29) is 9.86 Å². The second-order valence-electron chi connectivity index (χ2n) is 7.23. The number of likely N-dealkylation sites (tertiary alicyclic amines) is 1. The zero-order valence-corrected chi connectivity index (χ0v) is 12.0. The van der Waals surface area contributed by atoms with E-state index in [4.69, 9.17) is 0 Å². The Morgan fingerprint density at radius 2 is 1.59 bits per heavy atom. The summed E-state index contributed by atoms with van der Waals surface area (Å²) in [6, 6.07) is 0. The molecule has 5 aliphatic rings. The number of carbonyl (C=O) groups excluding carboxylic acids is 1. The lowest BCUT2D eigenvalue weighted by Crippen LogP contribution is -2.73. The standard InChI is InChI=1S/C14H20BrNO/c1-13(15)8-16(12(13)17)14-5-9-2-10(6-14)4-11(3-9)7-14/h9-11H,2-8H2,1H3/t9?,10?,11?,13-,14?/m0/s1. The molecule has 1 atom stereocenters. The summed E-state index contributed by atoms with van der Waals surface area (Å²) in [5, 5.41) is 0. The average molecular weight is 298 g/mol. The Morgan fingerprint density at radius 3 is 1.94 bits per heavy atom. The fraction of sp³-hybridized carbons (Fsp3) is 0.929. The van der Waals surface area contributed by atoms with E-state index in [1.54, 1.807) is 0 Å². The minimum atomic E-state index is -0.254. The Morgan fingerprint density at radius 1 is 1.12 bits per heavy atom. The minimum Gasteiger partial charge on any atom is -0.334 e. The van der Waals surface area contributed by atoms with Crippen LogP contribution in [0.4, 0.5) is 0 Å². The smallest absolute Gasteiger partial charge is 0.241 e. The summed E-state index contributed by atoms with van der Waals surface area (Å²) < 4.78 is -0.254. The molecule has 0 N–H and O–H groups in total. The van der Waals surface area contributed by atoms with Gasteiger partial charge in [-0.05, 0) is 63.2 Å². The van der Waals surface area contributed by atoms with Crippen LogP contribution < -0.4 is 0 Å². The van der Waals surface area contributed by atoms with Gasteiger partial charge < -0.3 is 4.90 Å². The second kappa shape index (κ2) is 3.09. The predicted octanol–water partition coefficient (Wildman–Crippen LogP) is 2.95. The zero-order valence-electron chi connectivity index (χ0n) is 10.4. The van der Waals surface area contributed by atoms with Crippen LogP contribution in [-0.2, 0) is 4.79 Å². The Labute approximate surface area is 111 Å². The first-order valence-electron chi connectivity index (χ1n) is 6.99. The predicted molar refractivity (Wildman–Crippen MR) is 69.9 cm³/mol. The van der Waals surface area contributed by atoms with E-state index in [2.05, 4.69) is 20.8 Å². The summed E-state index contributed by atoms with van der Waals surface area (Å²) in [6.07, 6.45) is 8.25. The lowest BCUT2D eigenvalue weighted by Gasteiger charge is -2.64. The van der Waals surface area contributed by atoms with Gasteiger partial charge in [-0.2, -0.15) is 0 Å². The highest BCUT2D eigenvalue weighted by molar-refractivity contribution is 9.10. The number of rotatable bonds is 1. The maximum absolute atomic E-state index is 12.3. The normalized spacial score (nSPS) is 56.2. The third-order valence-corrected chi connectivity index (χ3v) is 6.31. The van der Waals surface area contributed by atoms with E-state index in [0.29, 0.717) is 5.91 Å². The molecule has 5 fully saturated rings. The van der Waals surface area contributed by atoms with Crippen molar-refractivity contribution in [3.05, 3.63) is 0 Å². The van der Waals surface area contributed by atoms with Crippen LogP contribution in [-0.4, -0.2) is 27.2 Å². The largest absolute Gasteiger partial charge is 0.334 e. The van der Waals surface area contributed by atoms with Gasteiger partial charge in [0, 0.05) is 12.1 Å². The van der Waals surface area contributed by atoms with Gasteiger partial charge >= 0.3 is 0 Å². The van der Waals surface area contributed by atoms with Gasteiger partial charge in [-0.3, -0.25) is 4.79 Å². The molecule has 1 saturated heterocycles. The van der Waals surface area contributed by atoms with E-state index < -0.39 is 0 Å². The number of alkyl halides is 1. The van der Waals surface area contributed by atoms with E-state index in [0.717, 1.165) is 24.3 Å². The van der Waals surface area contributed by atoms with Crippen LogP contribution in [0.5, 0.6) is 0 Å². The first kappa shape index (κ1) is 10.8. The summed E-state index contributed by atoms with van der Waals surface area (Å²) in [5.41, 5.74) is 0.277. The Bertz CT molecular complexity index is 354. The van der Waals surface area contributed by atoms with Crippen LogP contribution in [0.25, 0.3) is 0 Å². The summed E-state index contributed by atoms with van der Waals surface area (Å²) >= 11 is 3.56. The van der Waals surface area contributed by atoms with E-state index >= 15 is 0 Å². The Balaban J connectivity index is 1.64. The lowest BCUT2D eigenvalue weighted by atomic mass is 9.52. The molecule has 4 bridgehead atoms. The van der Waals surface area contributed by atoms with Crippen molar-refractivity contribution in [3.8, 4) is 0 Å². The molecule has 0 unspecified atom stereocenters. The van der Waals surface area contributed by atoms with Crippen molar-refractivity contribution in [1.82, 2.24) is 4.90 Å². The molecule has 1 amide bonds. The molecule has 2 nitrogen and oxygen atoms in total. The van der Waals surface area contributed by atoms with Crippen molar-refractivity contribution in [2.24, 2.45) is 17.8 Å². The number of β-lactam (4-membered cyclic amide) rings is 1. The van der Waals surface area contributed by atoms with E-state index in [1.807, 2.05) is 6.92 Å². The van der Waals surface area contributed by atoms with Crippen molar-refractivity contribution in [2.45, 2.75) is 55.3 Å². The molecule has 3 heteroatoms. The van der Waals surface area contributed by atoms with Crippen LogP contribution >= 0.6 is 15.9 Å². The second-order valence-corrected chi connectivity index (χ2v) is 8.98. The molecule has 1 aliphatic heterocycles. The highest BCUT2D eigenvalue weighted by Crippen LogP contribution is 2.59. The SMILES string of the molecule is C[C@]1(Br)CN(C23CC4CC(CC(C4)C2)C3)C1=O. The van der Waals surface area contributed by atoms with E-state index in [9.17, 15) is 4.79 Å². The van der Waals surface area contributed by atoms with Crippen molar-refractivity contribution in [1.29, 1.82) is 0 Å². The lowest BCUT2D eigenvalue weighted by molar-refractivity contribution is -0.168. The maximum Gasteiger partial charge on any atom is 0.241 e. The fourth-order valence-electron chi connectivity index (χ4n) is 5.41. The quantitative estimate of drug-likeness (QED) is 0.538. The van der Waals surface area contributed by atoms with Gasteiger partial charge in [0.1, 0.15) is 4.32 Å². The summed E-state index contributed by atoms with van der Waals surface area (Å²) in [6.45, 7) is 2.95. The number of amides is 1. The molecule has 0 aromatic rings. The number of hydrogen-bond donors (Lipinski definition) is 0. The Kier molecular flexibility index (Phi) is 1.97. The first-order chi connectivity index (χ1) is 7.98. The molecule has 0 aromatic carbocycles. The first-order valence-corrected chi connectivity index (χ1v) is 7.79. The summed E-state index contributed by atoms with van der Waals surface area (Å²) in [7, 11) is 0. The molecule has 4 aliphatic carbocycles. The van der Waals surface area contributed by atoms with Gasteiger partial charge in [-0.1, -0.05) is 15.9 Å². The molecule has 5 rings (SSSR count). The van der Waals surface area contributed by atoms with E-state index in [1.165, 1.54) is 38.5 Å². The van der Waals surface area contributed by atoms with Crippen LogP contribution in [0.2, 0.25) is 0 Å². The van der Waals surface area contributed by atoms with Crippen molar-refractivity contribution < 1.29 is 4.79 Å². The summed E-state index contributed by atoms with van der Waals surface area (Å²) in [4.78, 5) is 14.5. The number of nitrogens with zero attached hydrogens (tertiary/aromatic N) is 1. The highest BCUT2D eigenvalue weighted by Gasteiger charge is 2.60. The molecule has 0 spiro atoms. The zero-order chi connectivity index (χ0) is 11.8. The maximum atomic E-state index is 12.3. The molecule has 0 radical (unpaired) electrons. The van der Waals surface area contributed by atoms with Crippen molar-refractivity contribution in [2.75, 3.05) is 6.54 Å². The number of carbonyl (C=O) groups is 1. The average Bonchev–Trinajstić information content (AvgIpc) is 2.24. The van der Waals surface area contributed by atoms with Crippen LogP contribution in [0.3, 0.4) is 0 Å². The number of hydrogen-bond acceptors (Lipinski definition) is 1. The molecule has 4 saturated carbocycles. The van der Waals surface area contributed by atoms with Gasteiger partial charge in [0.15, 0.2) is 0 Å². The van der Waals surface area contributed by atoms with Gasteiger partial charge in [0.2, 0.25) is 5.91 Å². The van der Waals surface area contributed by atoms with Crippen molar-refractivity contribution >= 4 is 21.8 Å². The fourth-order valence-corrected chi connectivity index (χ4v) is 5.87. The Hall–Kier alpha value is -0.0500. The van der Waals surface area contributed by atoms with Gasteiger partial charge in [0.05, 0.1) is 0 Å². The highest BCUT2D eigenvalue weighted by atomic mass is 79.9. The minimum absolute atomic E-state index is 0.254. The molecular formula is C14H20BrNO. The molecule has 0 aromatic heterocycles. The third kappa shape index (κ3) is 1.35.